The van der Waals surface area contributed by atoms with E-state index in [1.165, 1.54) is 18.3 Å². The number of aromatic carboxylic acids is 1. The van der Waals surface area contributed by atoms with Gasteiger partial charge in [-0.1, -0.05) is 6.07 Å². The molecule has 5 nitrogen and oxygen atoms in total. The first-order chi connectivity index (χ1) is 9.97. The Morgan fingerprint density at radius 1 is 1.14 bits per heavy atom. The molecule has 2 aromatic rings. The molecule has 1 aromatic carbocycles. The third-order valence-corrected chi connectivity index (χ3v) is 2.68. The van der Waals surface area contributed by atoms with Crippen LogP contribution in [0, 0.1) is 11.6 Å². The highest BCUT2D eigenvalue weighted by Gasteiger charge is 2.11. The summed E-state index contributed by atoms with van der Waals surface area (Å²) in [7, 11) is 0. The van der Waals surface area contributed by atoms with E-state index >= 15 is 0 Å². The summed E-state index contributed by atoms with van der Waals surface area (Å²) >= 11 is 0. The third-order valence-electron chi connectivity index (χ3n) is 2.68. The molecule has 21 heavy (non-hydrogen) atoms. The molecule has 2 rings (SSSR count). The number of aromatic nitrogens is 1. The Labute approximate surface area is 118 Å². The van der Waals surface area contributed by atoms with Gasteiger partial charge in [-0.2, -0.15) is 0 Å². The molecule has 0 bridgehead atoms. The lowest BCUT2D eigenvalue weighted by Gasteiger charge is -2.06. The molecule has 0 unspecified atom stereocenters. The van der Waals surface area contributed by atoms with Gasteiger partial charge in [-0.15, -0.1) is 0 Å². The molecule has 7 heteroatoms. The van der Waals surface area contributed by atoms with E-state index in [9.17, 15) is 18.4 Å². The molecule has 1 amide bonds. The van der Waals surface area contributed by atoms with Gasteiger partial charge in [0.2, 0.25) is 0 Å². The Hall–Kier alpha value is -2.83. The van der Waals surface area contributed by atoms with Gasteiger partial charge in [0.25, 0.3) is 5.91 Å². The first-order valence-corrected chi connectivity index (χ1v) is 5.89. The van der Waals surface area contributed by atoms with Gasteiger partial charge in [-0.05, 0) is 29.8 Å². The van der Waals surface area contributed by atoms with Gasteiger partial charge in [0, 0.05) is 18.3 Å². The van der Waals surface area contributed by atoms with E-state index in [1.54, 1.807) is 0 Å². The van der Waals surface area contributed by atoms with Crippen LogP contribution in [0.2, 0.25) is 0 Å². The van der Waals surface area contributed by atoms with Crippen LogP contribution in [0.1, 0.15) is 26.4 Å². The van der Waals surface area contributed by atoms with Crippen molar-refractivity contribution >= 4 is 11.9 Å². The number of carboxylic acid groups (broad SMARTS) is 1. The number of pyridine rings is 1. The number of amides is 1. The molecule has 0 aliphatic heterocycles. The quantitative estimate of drug-likeness (QED) is 0.903. The van der Waals surface area contributed by atoms with Crippen LogP contribution in [-0.4, -0.2) is 22.0 Å². The zero-order valence-corrected chi connectivity index (χ0v) is 10.6. The van der Waals surface area contributed by atoms with E-state index < -0.39 is 23.5 Å². The van der Waals surface area contributed by atoms with E-state index in [2.05, 4.69) is 10.3 Å². The molecule has 0 aliphatic carbocycles. The summed E-state index contributed by atoms with van der Waals surface area (Å²) in [5.74, 6) is -3.75. The highest BCUT2D eigenvalue weighted by atomic mass is 19.2. The van der Waals surface area contributed by atoms with Gasteiger partial charge < -0.3 is 10.4 Å². The fraction of sp³-hybridized carbons (Fsp3) is 0.0714. The molecule has 0 saturated carbocycles. The number of nitrogens with one attached hydrogen (secondary N) is 1. The van der Waals surface area contributed by atoms with Crippen molar-refractivity contribution in [3.05, 3.63) is 65.0 Å². The van der Waals surface area contributed by atoms with Gasteiger partial charge in [-0.25, -0.2) is 18.6 Å². The van der Waals surface area contributed by atoms with Gasteiger partial charge in [0.1, 0.15) is 5.69 Å². The molecule has 0 spiro atoms. The lowest BCUT2D eigenvalue weighted by atomic mass is 10.2. The molecule has 0 radical (unpaired) electrons. The molecule has 0 aliphatic rings. The monoisotopic (exact) mass is 292 g/mol. The molecular weight excluding hydrogens is 282 g/mol. The molecule has 0 atom stereocenters. The van der Waals surface area contributed by atoms with Crippen molar-refractivity contribution in [1.29, 1.82) is 0 Å². The number of carbonyl (C=O) groups is 2. The number of nitrogens with zero attached hydrogens (tertiary/aromatic N) is 1. The van der Waals surface area contributed by atoms with Crippen LogP contribution >= 0.6 is 0 Å². The molecule has 0 fully saturated rings. The van der Waals surface area contributed by atoms with Gasteiger partial charge in [-0.3, -0.25) is 4.79 Å². The van der Waals surface area contributed by atoms with Crippen molar-refractivity contribution in [3.8, 4) is 0 Å². The van der Waals surface area contributed by atoms with Crippen LogP contribution in [0.25, 0.3) is 0 Å². The standard InChI is InChI=1S/C14H10F2N2O3/c15-10-2-1-8(5-11(10)16)7-18-13(19)9-3-4-17-12(6-9)14(20)21/h1-6H,7H2,(H,18,19)(H,20,21). The second-order valence-corrected chi connectivity index (χ2v) is 4.17. The molecule has 1 aromatic heterocycles. The van der Waals surface area contributed by atoms with Crippen molar-refractivity contribution in [2.24, 2.45) is 0 Å². The summed E-state index contributed by atoms with van der Waals surface area (Å²) in [4.78, 5) is 26.2. The van der Waals surface area contributed by atoms with E-state index in [1.807, 2.05) is 0 Å². The lowest BCUT2D eigenvalue weighted by Crippen LogP contribution is -2.23. The Bertz CT molecular complexity index is 704. The number of carbonyl (C=O) groups excluding carboxylic acids is 1. The van der Waals surface area contributed by atoms with Gasteiger partial charge >= 0.3 is 5.97 Å². The minimum Gasteiger partial charge on any atom is -0.477 e. The number of hydrogen-bond acceptors (Lipinski definition) is 3. The number of hydrogen-bond donors (Lipinski definition) is 2. The number of rotatable bonds is 4. The maximum atomic E-state index is 13.0. The van der Waals surface area contributed by atoms with E-state index in [0.717, 1.165) is 18.2 Å². The average molecular weight is 292 g/mol. The summed E-state index contributed by atoms with van der Waals surface area (Å²) in [5, 5.41) is 11.3. The fourth-order valence-electron chi connectivity index (χ4n) is 1.62. The Kier molecular flexibility index (Phi) is 4.22. The second kappa shape index (κ2) is 6.08. The fourth-order valence-corrected chi connectivity index (χ4v) is 1.62. The van der Waals surface area contributed by atoms with Gasteiger partial charge in [0.05, 0.1) is 0 Å². The van der Waals surface area contributed by atoms with Crippen LogP contribution < -0.4 is 5.32 Å². The van der Waals surface area contributed by atoms with Crippen LogP contribution in [0.3, 0.4) is 0 Å². The average Bonchev–Trinajstić information content (AvgIpc) is 2.48. The summed E-state index contributed by atoms with van der Waals surface area (Å²) in [6, 6.07) is 5.76. The largest absolute Gasteiger partial charge is 0.477 e. The van der Waals surface area contributed by atoms with Gasteiger partial charge in [0.15, 0.2) is 11.6 Å². The van der Waals surface area contributed by atoms with Crippen LogP contribution in [-0.2, 0) is 6.54 Å². The zero-order valence-electron chi connectivity index (χ0n) is 10.6. The first kappa shape index (κ1) is 14.6. The smallest absolute Gasteiger partial charge is 0.354 e. The molecule has 108 valence electrons. The Balaban J connectivity index is 2.06. The van der Waals surface area contributed by atoms with Crippen molar-refractivity contribution in [1.82, 2.24) is 10.3 Å². The summed E-state index contributed by atoms with van der Waals surface area (Å²) in [6.07, 6.45) is 1.20. The molecule has 1 heterocycles. The van der Waals surface area contributed by atoms with Crippen LogP contribution in [0.4, 0.5) is 8.78 Å². The van der Waals surface area contributed by atoms with Crippen molar-refractivity contribution in [2.45, 2.75) is 6.54 Å². The van der Waals surface area contributed by atoms with Crippen molar-refractivity contribution in [2.75, 3.05) is 0 Å². The minimum atomic E-state index is -1.25. The second-order valence-electron chi connectivity index (χ2n) is 4.17. The molecular formula is C14H10F2N2O3. The van der Waals surface area contributed by atoms with E-state index in [-0.39, 0.29) is 17.8 Å². The molecule has 0 saturated heterocycles. The normalized spacial score (nSPS) is 10.2. The Morgan fingerprint density at radius 2 is 1.90 bits per heavy atom. The SMILES string of the molecule is O=C(NCc1ccc(F)c(F)c1)c1ccnc(C(=O)O)c1. The molecule has 2 N–H and O–H groups in total. The summed E-state index contributed by atoms with van der Waals surface area (Å²) < 4.78 is 25.8. The summed E-state index contributed by atoms with van der Waals surface area (Å²) in [6.45, 7) is -0.0131. The zero-order chi connectivity index (χ0) is 15.4. The minimum absolute atomic E-state index is 0.0131. The maximum absolute atomic E-state index is 13.0. The van der Waals surface area contributed by atoms with Crippen LogP contribution in [0.15, 0.2) is 36.5 Å². The Morgan fingerprint density at radius 3 is 2.57 bits per heavy atom. The summed E-state index contributed by atoms with van der Waals surface area (Å²) in [5.41, 5.74) is 0.246. The van der Waals surface area contributed by atoms with Crippen molar-refractivity contribution < 1.29 is 23.5 Å². The number of benzene rings is 1. The van der Waals surface area contributed by atoms with E-state index in [4.69, 9.17) is 5.11 Å². The topological polar surface area (TPSA) is 79.3 Å². The predicted octanol–water partition coefficient (Wildman–Crippen LogP) is 1.99. The van der Waals surface area contributed by atoms with Crippen molar-refractivity contribution in [3.63, 3.8) is 0 Å². The highest BCUT2D eigenvalue weighted by Crippen LogP contribution is 2.09. The van der Waals surface area contributed by atoms with E-state index in [0.29, 0.717) is 5.56 Å². The van der Waals surface area contributed by atoms with Crippen LogP contribution in [0.5, 0.6) is 0 Å². The third kappa shape index (κ3) is 3.59. The number of halogens is 2. The highest BCUT2D eigenvalue weighted by molar-refractivity contribution is 5.96. The number of carboxylic acids is 1. The first-order valence-electron chi connectivity index (χ1n) is 5.89. The lowest BCUT2D eigenvalue weighted by molar-refractivity contribution is 0.0690. The predicted molar refractivity (Wildman–Crippen MR) is 68.7 cm³/mol. The maximum Gasteiger partial charge on any atom is 0.354 e.